The van der Waals surface area contributed by atoms with Crippen molar-refractivity contribution in [2.75, 3.05) is 31.8 Å². The van der Waals surface area contributed by atoms with Crippen molar-refractivity contribution < 1.29 is 28.6 Å². The lowest BCUT2D eigenvalue weighted by Crippen LogP contribution is -2.45. The van der Waals surface area contributed by atoms with E-state index in [9.17, 15) is 14.4 Å². The van der Waals surface area contributed by atoms with Gasteiger partial charge >= 0.3 is 6.03 Å². The van der Waals surface area contributed by atoms with Gasteiger partial charge in [-0.15, -0.1) is 0 Å². The Bertz CT molecular complexity index is 1080. The first-order valence-electron chi connectivity index (χ1n) is 10.6. The predicted molar refractivity (Wildman–Crippen MR) is 114 cm³/mol. The molecule has 3 amide bonds. The Kier molecular flexibility index (Phi) is 5.30. The first kappa shape index (κ1) is 20.2. The number of hydrogen-bond acceptors (Lipinski definition) is 6. The zero-order chi connectivity index (χ0) is 22.1. The van der Waals surface area contributed by atoms with Gasteiger partial charge in [0.1, 0.15) is 5.75 Å². The topological polar surface area (TPSA) is 106 Å². The minimum atomic E-state index is -0.234. The fourth-order valence-corrected chi connectivity index (χ4v) is 4.16. The molecule has 2 aromatic carbocycles. The number of hydrogen-bond donors (Lipinski definition) is 2. The van der Waals surface area contributed by atoms with Crippen molar-refractivity contribution in [1.82, 2.24) is 10.2 Å². The molecule has 3 aliphatic heterocycles. The molecule has 9 heteroatoms. The van der Waals surface area contributed by atoms with Crippen LogP contribution in [0.15, 0.2) is 36.4 Å². The number of carbonyl (C=O) groups excluding carboxylic acids is 3. The van der Waals surface area contributed by atoms with Crippen LogP contribution in [0, 0.1) is 5.92 Å². The van der Waals surface area contributed by atoms with Crippen LogP contribution in [0.25, 0.3) is 0 Å². The average Bonchev–Trinajstić information content (AvgIpc) is 3.29. The average molecular weight is 437 g/mol. The third kappa shape index (κ3) is 4.05. The Morgan fingerprint density at radius 2 is 1.78 bits per heavy atom. The number of piperidine rings is 1. The highest BCUT2D eigenvalue weighted by Crippen LogP contribution is 2.33. The molecule has 0 radical (unpaired) electrons. The SMILES string of the molecule is O=C1COc2ccc(C(=O)C3CCN(C(=O)NCc4ccc5c(c4)OCO5)CC3)cc2N1. The molecule has 2 aromatic rings. The standard InChI is InChI=1S/C23H23N3O6/c27-21-12-30-18-4-2-16(10-17(18)25-21)22(28)15-5-7-26(8-6-15)23(29)24-11-14-1-3-19-20(9-14)32-13-31-19/h1-4,9-10,15H,5-8,11-13H2,(H,24,29)(H,25,27). The van der Waals surface area contributed by atoms with Crippen LogP contribution in [0.4, 0.5) is 10.5 Å². The van der Waals surface area contributed by atoms with Gasteiger partial charge < -0.3 is 29.7 Å². The van der Waals surface area contributed by atoms with Crippen molar-refractivity contribution in [3.8, 4) is 17.2 Å². The molecule has 0 bridgehead atoms. The maximum absolute atomic E-state index is 13.0. The Morgan fingerprint density at radius 3 is 2.62 bits per heavy atom. The molecule has 0 aliphatic carbocycles. The largest absolute Gasteiger partial charge is 0.482 e. The normalized spacial score (nSPS) is 17.2. The number of urea groups is 1. The Balaban J connectivity index is 1.14. The van der Waals surface area contributed by atoms with Gasteiger partial charge in [-0.25, -0.2) is 4.79 Å². The van der Waals surface area contributed by atoms with E-state index in [4.69, 9.17) is 14.2 Å². The van der Waals surface area contributed by atoms with Crippen LogP contribution in [0.1, 0.15) is 28.8 Å². The van der Waals surface area contributed by atoms with Gasteiger partial charge in [0.25, 0.3) is 5.91 Å². The highest BCUT2D eigenvalue weighted by Gasteiger charge is 2.29. The number of fused-ring (bicyclic) bond motifs is 2. The van der Waals surface area contributed by atoms with Crippen molar-refractivity contribution in [2.45, 2.75) is 19.4 Å². The fraction of sp³-hybridized carbons (Fsp3) is 0.348. The van der Waals surface area contributed by atoms with Crippen LogP contribution in [-0.2, 0) is 11.3 Å². The van der Waals surface area contributed by atoms with Crippen LogP contribution in [-0.4, -0.2) is 49.1 Å². The monoisotopic (exact) mass is 437 g/mol. The quantitative estimate of drug-likeness (QED) is 0.712. The van der Waals surface area contributed by atoms with Gasteiger partial charge in [0.2, 0.25) is 6.79 Å². The van der Waals surface area contributed by atoms with Crippen LogP contribution < -0.4 is 24.8 Å². The minimum Gasteiger partial charge on any atom is -0.482 e. The van der Waals surface area contributed by atoms with Crippen LogP contribution in [0.3, 0.4) is 0 Å². The van der Waals surface area contributed by atoms with Crippen molar-refractivity contribution in [2.24, 2.45) is 5.92 Å². The van der Waals surface area contributed by atoms with E-state index in [-0.39, 0.29) is 37.0 Å². The number of ether oxygens (including phenoxy) is 3. The molecule has 0 saturated carbocycles. The van der Waals surface area contributed by atoms with Gasteiger partial charge in [-0.3, -0.25) is 9.59 Å². The maximum atomic E-state index is 13.0. The molecule has 0 aromatic heterocycles. The van der Waals surface area contributed by atoms with E-state index in [1.807, 2.05) is 18.2 Å². The van der Waals surface area contributed by atoms with Crippen LogP contribution in [0.2, 0.25) is 0 Å². The molecule has 2 N–H and O–H groups in total. The molecule has 166 valence electrons. The smallest absolute Gasteiger partial charge is 0.317 e. The summed E-state index contributed by atoms with van der Waals surface area (Å²) in [6.07, 6.45) is 1.19. The number of amides is 3. The molecule has 0 spiro atoms. The number of anilines is 1. The maximum Gasteiger partial charge on any atom is 0.317 e. The molecule has 3 heterocycles. The summed E-state index contributed by atoms with van der Waals surface area (Å²) in [7, 11) is 0. The lowest BCUT2D eigenvalue weighted by atomic mass is 9.88. The molecule has 9 nitrogen and oxygen atoms in total. The molecule has 32 heavy (non-hydrogen) atoms. The highest BCUT2D eigenvalue weighted by molar-refractivity contribution is 6.01. The lowest BCUT2D eigenvalue weighted by Gasteiger charge is -2.31. The zero-order valence-corrected chi connectivity index (χ0v) is 17.4. The molecule has 1 saturated heterocycles. The second kappa shape index (κ2) is 8.41. The summed E-state index contributed by atoms with van der Waals surface area (Å²) >= 11 is 0. The third-order valence-corrected chi connectivity index (χ3v) is 5.93. The summed E-state index contributed by atoms with van der Waals surface area (Å²) in [4.78, 5) is 38.8. The number of carbonyl (C=O) groups is 3. The van der Waals surface area contributed by atoms with Gasteiger partial charge in [-0.05, 0) is 48.7 Å². The van der Waals surface area contributed by atoms with Gasteiger partial charge in [0.15, 0.2) is 23.9 Å². The van der Waals surface area contributed by atoms with Gasteiger partial charge in [-0.1, -0.05) is 6.07 Å². The van der Waals surface area contributed by atoms with Gasteiger partial charge in [0, 0.05) is 31.1 Å². The number of rotatable bonds is 4. The Morgan fingerprint density at radius 1 is 1.00 bits per heavy atom. The number of likely N-dealkylation sites (tertiary alicyclic amines) is 1. The molecule has 5 rings (SSSR count). The zero-order valence-electron chi connectivity index (χ0n) is 17.4. The van der Waals surface area contributed by atoms with E-state index in [0.717, 1.165) is 5.56 Å². The van der Waals surface area contributed by atoms with E-state index in [2.05, 4.69) is 10.6 Å². The van der Waals surface area contributed by atoms with E-state index in [0.29, 0.717) is 61.0 Å². The second-order valence-corrected chi connectivity index (χ2v) is 8.02. The molecular weight excluding hydrogens is 414 g/mol. The number of benzene rings is 2. The molecule has 0 atom stereocenters. The first-order valence-corrected chi connectivity index (χ1v) is 10.6. The first-order chi connectivity index (χ1) is 15.6. The summed E-state index contributed by atoms with van der Waals surface area (Å²) < 4.78 is 16.0. The van der Waals surface area contributed by atoms with E-state index in [1.54, 1.807) is 23.1 Å². The van der Waals surface area contributed by atoms with E-state index < -0.39 is 0 Å². The number of nitrogens with one attached hydrogen (secondary N) is 2. The van der Waals surface area contributed by atoms with Crippen molar-refractivity contribution in [1.29, 1.82) is 0 Å². The molecule has 3 aliphatic rings. The van der Waals surface area contributed by atoms with E-state index >= 15 is 0 Å². The Hall–Kier alpha value is -3.75. The van der Waals surface area contributed by atoms with Crippen LogP contribution >= 0.6 is 0 Å². The van der Waals surface area contributed by atoms with Crippen molar-refractivity contribution in [3.63, 3.8) is 0 Å². The third-order valence-electron chi connectivity index (χ3n) is 5.93. The summed E-state index contributed by atoms with van der Waals surface area (Å²) in [6, 6.07) is 10.5. The fourth-order valence-electron chi connectivity index (χ4n) is 4.16. The number of ketones is 1. The molecular formula is C23H23N3O6. The molecule has 0 unspecified atom stereocenters. The summed E-state index contributed by atoms with van der Waals surface area (Å²) in [5.41, 5.74) is 1.99. The number of Topliss-reactive ketones (excluding diaryl/α,β-unsaturated/α-hetero) is 1. The van der Waals surface area contributed by atoms with Crippen molar-refractivity contribution in [3.05, 3.63) is 47.5 Å². The van der Waals surface area contributed by atoms with Crippen molar-refractivity contribution >= 4 is 23.4 Å². The minimum absolute atomic E-state index is 0.0184. The van der Waals surface area contributed by atoms with Gasteiger partial charge in [-0.2, -0.15) is 0 Å². The summed E-state index contributed by atoms with van der Waals surface area (Å²) in [5.74, 6) is 1.58. The second-order valence-electron chi connectivity index (χ2n) is 8.02. The Labute approximate surface area is 184 Å². The van der Waals surface area contributed by atoms with E-state index in [1.165, 1.54) is 0 Å². The predicted octanol–water partition coefficient (Wildman–Crippen LogP) is 2.55. The summed E-state index contributed by atoms with van der Waals surface area (Å²) in [6.45, 7) is 1.60. The highest BCUT2D eigenvalue weighted by atomic mass is 16.7. The van der Waals surface area contributed by atoms with Crippen LogP contribution in [0.5, 0.6) is 17.2 Å². The number of nitrogens with zero attached hydrogens (tertiary/aromatic N) is 1. The van der Waals surface area contributed by atoms with Gasteiger partial charge in [0.05, 0.1) is 5.69 Å². The molecule has 1 fully saturated rings. The lowest BCUT2D eigenvalue weighted by molar-refractivity contribution is -0.118. The summed E-state index contributed by atoms with van der Waals surface area (Å²) in [5, 5.41) is 5.65.